The Morgan fingerprint density at radius 3 is 2.60 bits per heavy atom. The van der Waals surface area contributed by atoms with Crippen LogP contribution >= 0.6 is 0 Å². The lowest BCUT2D eigenvalue weighted by Crippen LogP contribution is -2.57. The SMILES string of the molecule is C=COCCC1CN(C(=O)c2cccc3ccccc23)CCN1C(=O)OC(C)(C)C. The first-order valence-corrected chi connectivity index (χ1v) is 10.3. The van der Waals surface area contributed by atoms with Crippen LogP contribution in [0.2, 0.25) is 0 Å². The fourth-order valence-electron chi connectivity index (χ4n) is 3.72. The zero-order valence-electron chi connectivity index (χ0n) is 18.0. The van der Waals surface area contributed by atoms with Crippen LogP contribution in [-0.2, 0) is 9.47 Å². The average Bonchev–Trinajstić information content (AvgIpc) is 2.71. The zero-order chi connectivity index (χ0) is 21.7. The number of ether oxygens (including phenoxy) is 2. The quantitative estimate of drug-likeness (QED) is 0.540. The van der Waals surface area contributed by atoms with E-state index in [0.717, 1.165) is 10.8 Å². The second kappa shape index (κ2) is 9.20. The van der Waals surface area contributed by atoms with Gasteiger partial charge in [-0.1, -0.05) is 43.0 Å². The normalized spacial score (nSPS) is 17.0. The van der Waals surface area contributed by atoms with Gasteiger partial charge in [-0.2, -0.15) is 0 Å². The van der Waals surface area contributed by atoms with Gasteiger partial charge in [0.05, 0.1) is 18.9 Å². The van der Waals surface area contributed by atoms with E-state index in [0.29, 0.717) is 38.2 Å². The molecule has 1 fully saturated rings. The third-order valence-corrected chi connectivity index (χ3v) is 5.10. The summed E-state index contributed by atoms with van der Waals surface area (Å²) in [5.41, 5.74) is 0.106. The Morgan fingerprint density at radius 2 is 1.87 bits per heavy atom. The van der Waals surface area contributed by atoms with Crippen molar-refractivity contribution in [2.24, 2.45) is 0 Å². The molecule has 2 aromatic carbocycles. The standard InChI is InChI=1S/C24H30N2O4/c1-5-29-16-13-19-17-25(14-15-26(19)23(28)30-24(2,3)4)22(27)21-12-8-10-18-9-6-7-11-20(18)21/h5-12,19H,1,13-17H2,2-4H3. The highest BCUT2D eigenvalue weighted by Gasteiger charge is 2.35. The molecule has 1 aliphatic rings. The number of piperazine rings is 1. The lowest BCUT2D eigenvalue weighted by Gasteiger charge is -2.41. The summed E-state index contributed by atoms with van der Waals surface area (Å²) in [6.45, 7) is 10.8. The molecule has 0 radical (unpaired) electrons. The van der Waals surface area contributed by atoms with E-state index in [1.165, 1.54) is 6.26 Å². The van der Waals surface area contributed by atoms with Gasteiger partial charge in [-0.3, -0.25) is 4.79 Å². The van der Waals surface area contributed by atoms with Gasteiger partial charge in [-0.15, -0.1) is 0 Å². The summed E-state index contributed by atoms with van der Waals surface area (Å²) in [6, 6.07) is 13.5. The molecule has 1 atom stereocenters. The van der Waals surface area contributed by atoms with E-state index < -0.39 is 5.60 Å². The lowest BCUT2D eigenvalue weighted by molar-refractivity contribution is -0.00433. The van der Waals surface area contributed by atoms with Crippen molar-refractivity contribution < 1.29 is 19.1 Å². The number of hydrogen-bond donors (Lipinski definition) is 0. The van der Waals surface area contributed by atoms with Crippen molar-refractivity contribution in [3.63, 3.8) is 0 Å². The van der Waals surface area contributed by atoms with E-state index in [1.807, 2.05) is 68.1 Å². The van der Waals surface area contributed by atoms with Crippen LogP contribution in [0, 0.1) is 0 Å². The molecule has 2 aromatic rings. The van der Waals surface area contributed by atoms with Gasteiger partial charge >= 0.3 is 6.09 Å². The molecule has 0 aromatic heterocycles. The smallest absolute Gasteiger partial charge is 0.410 e. The van der Waals surface area contributed by atoms with Crippen LogP contribution in [0.25, 0.3) is 10.8 Å². The molecule has 30 heavy (non-hydrogen) atoms. The average molecular weight is 411 g/mol. The molecular weight excluding hydrogens is 380 g/mol. The Labute approximate surface area is 178 Å². The molecule has 0 saturated carbocycles. The van der Waals surface area contributed by atoms with E-state index >= 15 is 0 Å². The predicted octanol–water partition coefficient (Wildman–Crippen LogP) is 4.45. The van der Waals surface area contributed by atoms with Gasteiger partial charge in [-0.25, -0.2) is 4.79 Å². The summed E-state index contributed by atoms with van der Waals surface area (Å²) in [5.74, 6) is -0.0229. The van der Waals surface area contributed by atoms with Gasteiger partial charge in [0, 0.05) is 31.6 Å². The number of fused-ring (bicyclic) bond motifs is 1. The molecule has 2 amide bonds. The Kier molecular flexibility index (Phi) is 6.65. The third kappa shape index (κ3) is 5.12. The molecule has 6 heteroatoms. The summed E-state index contributed by atoms with van der Waals surface area (Å²) in [5, 5.41) is 1.97. The summed E-state index contributed by atoms with van der Waals surface area (Å²) < 4.78 is 10.9. The molecule has 3 rings (SSSR count). The Morgan fingerprint density at radius 1 is 1.13 bits per heavy atom. The Hall–Kier alpha value is -3.02. The van der Waals surface area contributed by atoms with Crippen LogP contribution in [0.5, 0.6) is 0 Å². The van der Waals surface area contributed by atoms with Crippen molar-refractivity contribution >= 4 is 22.8 Å². The first kappa shape index (κ1) is 21.7. The maximum Gasteiger partial charge on any atom is 0.410 e. The van der Waals surface area contributed by atoms with Gasteiger partial charge in [0.2, 0.25) is 0 Å². The van der Waals surface area contributed by atoms with Crippen LogP contribution in [0.3, 0.4) is 0 Å². The van der Waals surface area contributed by atoms with Crippen molar-refractivity contribution in [2.45, 2.75) is 38.8 Å². The second-order valence-electron chi connectivity index (χ2n) is 8.43. The van der Waals surface area contributed by atoms with Gasteiger partial charge in [-0.05, 0) is 37.6 Å². The van der Waals surface area contributed by atoms with E-state index in [2.05, 4.69) is 6.58 Å². The highest BCUT2D eigenvalue weighted by molar-refractivity contribution is 6.07. The first-order valence-electron chi connectivity index (χ1n) is 10.3. The molecule has 1 unspecified atom stereocenters. The number of carbonyl (C=O) groups is 2. The fraction of sp³-hybridized carbons (Fsp3) is 0.417. The molecule has 6 nitrogen and oxygen atoms in total. The minimum Gasteiger partial charge on any atom is -0.502 e. The number of amides is 2. The number of nitrogens with zero attached hydrogens (tertiary/aromatic N) is 2. The molecule has 1 saturated heterocycles. The topological polar surface area (TPSA) is 59.1 Å². The molecule has 1 aliphatic heterocycles. The summed E-state index contributed by atoms with van der Waals surface area (Å²) in [7, 11) is 0. The van der Waals surface area contributed by atoms with Crippen molar-refractivity contribution in [3.05, 3.63) is 60.9 Å². The van der Waals surface area contributed by atoms with Crippen molar-refractivity contribution in [1.82, 2.24) is 9.80 Å². The third-order valence-electron chi connectivity index (χ3n) is 5.10. The number of rotatable bonds is 5. The van der Waals surface area contributed by atoms with Crippen LogP contribution in [-0.4, -0.2) is 59.7 Å². The highest BCUT2D eigenvalue weighted by Crippen LogP contribution is 2.23. The van der Waals surface area contributed by atoms with Crippen LogP contribution in [0.1, 0.15) is 37.6 Å². The summed E-state index contributed by atoms with van der Waals surface area (Å²) >= 11 is 0. The van der Waals surface area contributed by atoms with Crippen LogP contribution in [0.15, 0.2) is 55.3 Å². The van der Waals surface area contributed by atoms with E-state index in [9.17, 15) is 9.59 Å². The number of benzene rings is 2. The molecule has 1 heterocycles. The van der Waals surface area contributed by atoms with Gasteiger partial charge in [0.1, 0.15) is 5.60 Å². The second-order valence-corrected chi connectivity index (χ2v) is 8.43. The molecular formula is C24H30N2O4. The Bertz CT molecular complexity index is 914. The zero-order valence-corrected chi connectivity index (χ0v) is 18.0. The first-order chi connectivity index (χ1) is 14.3. The van der Waals surface area contributed by atoms with Gasteiger partial charge < -0.3 is 19.3 Å². The molecule has 0 aliphatic carbocycles. The largest absolute Gasteiger partial charge is 0.502 e. The summed E-state index contributed by atoms with van der Waals surface area (Å²) in [4.78, 5) is 29.6. The van der Waals surface area contributed by atoms with Crippen molar-refractivity contribution in [1.29, 1.82) is 0 Å². The van der Waals surface area contributed by atoms with E-state index in [4.69, 9.17) is 9.47 Å². The summed E-state index contributed by atoms with van der Waals surface area (Å²) in [6.07, 6.45) is 1.62. The van der Waals surface area contributed by atoms with Gasteiger partial charge in [0.25, 0.3) is 5.91 Å². The minimum atomic E-state index is -0.574. The van der Waals surface area contributed by atoms with Crippen molar-refractivity contribution in [2.75, 3.05) is 26.2 Å². The number of hydrogen-bond acceptors (Lipinski definition) is 4. The maximum absolute atomic E-state index is 13.3. The van der Waals surface area contributed by atoms with E-state index in [-0.39, 0.29) is 18.0 Å². The fourth-order valence-corrected chi connectivity index (χ4v) is 3.72. The molecule has 0 bridgehead atoms. The van der Waals surface area contributed by atoms with Crippen LogP contribution in [0.4, 0.5) is 4.79 Å². The lowest BCUT2D eigenvalue weighted by atomic mass is 10.0. The molecule has 0 spiro atoms. The van der Waals surface area contributed by atoms with Crippen LogP contribution < -0.4 is 0 Å². The Balaban J connectivity index is 1.79. The number of carbonyl (C=O) groups excluding carboxylic acids is 2. The monoisotopic (exact) mass is 410 g/mol. The molecule has 0 N–H and O–H groups in total. The highest BCUT2D eigenvalue weighted by atomic mass is 16.6. The van der Waals surface area contributed by atoms with Gasteiger partial charge in [0.15, 0.2) is 0 Å². The minimum absolute atomic E-state index is 0.0229. The maximum atomic E-state index is 13.3. The van der Waals surface area contributed by atoms with E-state index in [1.54, 1.807) is 4.90 Å². The van der Waals surface area contributed by atoms with Crippen molar-refractivity contribution in [3.8, 4) is 0 Å². The molecule has 160 valence electrons. The predicted molar refractivity (Wildman–Crippen MR) is 117 cm³/mol.